The van der Waals surface area contributed by atoms with Gasteiger partial charge in [0.15, 0.2) is 0 Å². The molecule has 0 rings (SSSR count). The number of aliphatic hydroxyl groups is 1. The molecule has 0 aliphatic carbocycles. The van der Waals surface area contributed by atoms with E-state index in [2.05, 4.69) is 0 Å². The third-order valence-electron chi connectivity index (χ3n) is 1.52. The maximum absolute atomic E-state index is 9.98. The summed E-state index contributed by atoms with van der Waals surface area (Å²) in [6.07, 6.45) is 4.66. The van der Waals surface area contributed by atoms with Crippen molar-refractivity contribution in [2.45, 2.75) is 45.1 Å². The average Bonchev–Trinajstić information content (AvgIpc) is 1.87. The predicted octanol–water partition coefficient (Wildman–Crippen LogP) is 1.75. The third-order valence-corrected chi connectivity index (χ3v) is 1.52. The third kappa shape index (κ3) is 7.92. The van der Waals surface area contributed by atoms with Crippen LogP contribution in [0.4, 0.5) is 0 Å². The van der Waals surface area contributed by atoms with Gasteiger partial charge in [0.1, 0.15) is 0 Å². The van der Waals surface area contributed by atoms with Crippen molar-refractivity contribution in [3.63, 3.8) is 0 Å². The van der Waals surface area contributed by atoms with Gasteiger partial charge in [-0.15, -0.1) is 0 Å². The molecule has 61 valence electrons. The van der Waals surface area contributed by atoms with Gasteiger partial charge in [0.25, 0.3) is 0 Å². The minimum atomic E-state index is -0.174. The second kappa shape index (κ2) is 7.03. The standard InChI is InChI=1S/C8H17O2/c1-8(10)6-4-2-3-5-7-9/h8,10H,2-7H2,1H3. The van der Waals surface area contributed by atoms with Gasteiger partial charge in [-0.05, 0) is 19.8 Å². The summed E-state index contributed by atoms with van der Waals surface area (Å²) in [6.45, 7) is 1.85. The minimum absolute atomic E-state index is 0.0503. The van der Waals surface area contributed by atoms with Crippen LogP contribution in [0.5, 0.6) is 0 Å². The van der Waals surface area contributed by atoms with E-state index in [1.54, 1.807) is 6.92 Å². The molecule has 0 heterocycles. The highest BCUT2D eigenvalue weighted by atomic mass is 16.3. The molecule has 0 aliphatic rings. The molecule has 0 fully saturated rings. The Kier molecular flexibility index (Phi) is 6.98. The van der Waals surface area contributed by atoms with Crippen LogP contribution >= 0.6 is 0 Å². The quantitative estimate of drug-likeness (QED) is 0.568. The van der Waals surface area contributed by atoms with Gasteiger partial charge in [0, 0.05) is 0 Å². The van der Waals surface area contributed by atoms with Crippen molar-refractivity contribution in [2.75, 3.05) is 6.61 Å². The fraction of sp³-hybridized carbons (Fsp3) is 1.00. The smallest absolute Gasteiger partial charge is 0.0822 e. The van der Waals surface area contributed by atoms with E-state index in [1.165, 1.54) is 0 Å². The van der Waals surface area contributed by atoms with Crippen LogP contribution in [0.2, 0.25) is 0 Å². The Morgan fingerprint density at radius 3 is 2.30 bits per heavy atom. The van der Waals surface area contributed by atoms with E-state index in [1.807, 2.05) is 0 Å². The van der Waals surface area contributed by atoms with Gasteiger partial charge in [0.05, 0.1) is 12.7 Å². The van der Waals surface area contributed by atoms with Gasteiger partial charge in [-0.2, -0.15) is 0 Å². The molecule has 0 saturated heterocycles. The summed E-state index contributed by atoms with van der Waals surface area (Å²) in [6, 6.07) is 0. The highest BCUT2D eigenvalue weighted by molar-refractivity contribution is 4.48. The van der Waals surface area contributed by atoms with E-state index in [4.69, 9.17) is 5.11 Å². The number of hydrogen-bond acceptors (Lipinski definition) is 1. The largest absolute Gasteiger partial charge is 0.393 e. The molecule has 0 amide bonds. The summed E-state index contributed by atoms with van der Waals surface area (Å²) in [5, 5.41) is 18.8. The Bertz CT molecular complexity index is 62.3. The summed E-state index contributed by atoms with van der Waals surface area (Å²) in [4.78, 5) is 0. The summed E-state index contributed by atoms with van der Waals surface area (Å²) in [5.41, 5.74) is 0. The maximum atomic E-state index is 9.98. The van der Waals surface area contributed by atoms with Crippen molar-refractivity contribution in [2.24, 2.45) is 0 Å². The van der Waals surface area contributed by atoms with Gasteiger partial charge in [-0.1, -0.05) is 19.3 Å². The molecule has 1 atom stereocenters. The summed E-state index contributed by atoms with van der Waals surface area (Å²) < 4.78 is 0. The van der Waals surface area contributed by atoms with Gasteiger partial charge in [-0.25, -0.2) is 5.11 Å². The van der Waals surface area contributed by atoms with Crippen molar-refractivity contribution >= 4 is 0 Å². The highest BCUT2D eigenvalue weighted by Gasteiger charge is 1.94. The highest BCUT2D eigenvalue weighted by Crippen LogP contribution is 2.04. The molecular formula is C8H17O2. The molecule has 0 bridgehead atoms. The molecule has 0 saturated carbocycles. The lowest BCUT2D eigenvalue weighted by Gasteiger charge is -2.01. The molecule has 0 aromatic heterocycles. The molecule has 0 spiro atoms. The van der Waals surface area contributed by atoms with Gasteiger partial charge in [-0.3, -0.25) is 0 Å². The molecule has 10 heavy (non-hydrogen) atoms. The Morgan fingerprint density at radius 2 is 1.80 bits per heavy atom. The first kappa shape index (κ1) is 9.92. The van der Waals surface area contributed by atoms with Crippen LogP contribution in [-0.4, -0.2) is 17.8 Å². The van der Waals surface area contributed by atoms with Crippen LogP contribution in [0.25, 0.3) is 0 Å². The topological polar surface area (TPSA) is 40.1 Å². The number of unbranched alkanes of at least 4 members (excludes halogenated alkanes) is 3. The van der Waals surface area contributed by atoms with Crippen molar-refractivity contribution in [1.82, 2.24) is 0 Å². The first-order chi connectivity index (χ1) is 4.77. The Hall–Kier alpha value is -0.0800. The van der Waals surface area contributed by atoms with Crippen molar-refractivity contribution in [3.05, 3.63) is 0 Å². The normalized spacial score (nSPS) is 13.5. The Labute approximate surface area is 62.9 Å². The van der Waals surface area contributed by atoms with Gasteiger partial charge >= 0.3 is 0 Å². The first-order valence-corrected chi connectivity index (χ1v) is 4.03. The lowest BCUT2D eigenvalue weighted by atomic mass is 10.1. The van der Waals surface area contributed by atoms with Crippen molar-refractivity contribution < 1.29 is 10.2 Å². The van der Waals surface area contributed by atoms with Crippen molar-refractivity contribution in [3.8, 4) is 0 Å². The molecular weight excluding hydrogens is 128 g/mol. The molecule has 0 aromatic carbocycles. The Balaban J connectivity index is 2.77. The van der Waals surface area contributed by atoms with Crippen LogP contribution in [-0.2, 0) is 5.11 Å². The fourth-order valence-electron chi connectivity index (χ4n) is 0.895. The zero-order chi connectivity index (χ0) is 7.82. The average molecular weight is 145 g/mol. The fourth-order valence-corrected chi connectivity index (χ4v) is 0.895. The second-order valence-electron chi connectivity index (χ2n) is 2.76. The van der Waals surface area contributed by atoms with Gasteiger partial charge in [0.2, 0.25) is 0 Å². The molecule has 1 radical (unpaired) electrons. The summed E-state index contributed by atoms with van der Waals surface area (Å²) in [7, 11) is 0. The lowest BCUT2D eigenvalue weighted by molar-refractivity contribution is 0.174. The molecule has 1 N–H and O–H groups in total. The van der Waals surface area contributed by atoms with E-state index >= 15 is 0 Å². The van der Waals surface area contributed by atoms with E-state index in [-0.39, 0.29) is 12.7 Å². The zero-order valence-electron chi connectivity index (χ0n) is 6.68. The number of aliphatic hydroxyl groups excluding tert-OH is 1. The van der Waals surface area contributed by atoms with Gasteiger partial charge < -0.3 is 5.11 Å². The molecule has 2 heteroatoms. The lowest BCUT2D eigenvalue weighted by Crippen LogP contribution is -1.98. The van der Waals surface area contributed by atoms with Crippen molar-refractivity contribution in [1.29, 1.82) is 0 Å². The van der Waals surface area contributed by atoms with Crippen LogP contribution in [0.1, 0.15) is 39.0 Å². The maximum Gasteiger partial charge on any atom is 0.0822 e. The number of hydrogen-bond donors (Lipinski definition) is 1. The SMILES string of the molecule is CC(O)CCCCCC[O]. The minimum Gasteiger partial charge on any atom is -0.393 e. The zero-order valence-corrected chi connectivity index (χ0v) is 6.68. The molecule has 1 unspecified atom stereocenters. The van der Waals surface area contributed by atoms with Crippen LogP contribution in [0, 0.1) is 0 Å². The van der Waals surface area contributed by atoms with E-state index in [0.717, 1.165) is 32.1 Å². The van der Waals surface area contributed by atoms with E-state index in [0.29, 0.717) is 0 Å². The van der Waals surface area contributed by atoms with Crippen LogP contribution in [0.15, 0.2) is 0 Å². The van der Waals surface area contributed by atoms with E-state index < -0.39 is 0 Å². The number of rotatable bonds is 6. The Morgan fingerprint density at radius 1 is 1.20 bits per heavy atom. The summed E-state index contributed by atoms with van der Waals surface area (Å²) in [5.74, 6) is 0. The van der Waals surface area contributed by atoms with E-state index in [9.17, 15) is 5.11 Å². The monoisotopic (exact) mass is 145 g/mol. The van der Waals surface area contributed by atoms with Crippen LogP contribution < -0.4 is 0 Å². The molecule has 0 aliphatic heterocycles. The second-order valence-corrected chi connectivity index (χ2v) is 2.76. The van der Waals surface area contributed by atoms with Crippen LogP contribution in [0.3, 0.4) is 0 Å². The predicted molar refractivity (Wildman–Crippen MR) is 40.3 cm³/mol. The molecule has 2 nitrogen and oxygen atoms in total. The first-order valence-electron chi connectivity index (χ1n) is 4.03. The summed E-state index contributed by atoms with van der Waals surface area (Å²) >= 11 is 0. The molecule has 0 aromatic rings.